The minimum atomic E-state index is -3.70. The molecule has 1 aliphatic heterocycles. The first kappa shape index (κ1) is 20.5. The Bertz CT molecular complexity index is 1230. The van der Waals surface area contributed by atoms with Crippen molar-refractivity contribution >= 4 is 26.8 Å². The molecule has 0 aliphatic carbocycles. The van der Waals surface area contributed by atoms with Crippen LogP contribution in [0.4, 0.5) is 0 Å². The second-order valence-corrected chi connectivity index (χ2v) is 9.76. The van der Waals surface area contributed by atoms with E-state index in [9.17, 15) is 13.2 Å². The number of carbonyl (C=O) groups is 1. The highest BCUT2D eigenvalue weighted by molar-refractivity contribution is 7.89. The number of aryl methyl sites for hydroxylation is 3. The highest BCUT2D eigenvalue weighted by Crippen LogP contribution is 2.26. The number of nitrogens with zero attached hydrogens (tertiary/aromatic N) is 3. The maximum absolute atomic E-state index is 13.3. The molecule has 2 heterocycles. The lowest BCUT2D eigenvalue weighted by Gasteiger charge is -2.34. The Labute approximate surface area is 177 Å². The summed E-state index contributed by atoms with van der Waals surface area (Å²) in [5, 5.41) is 0.805. The van der Waals surface area contributed by atoms with Crippen LogP contribution in [0.2, 0.25) is 0 Å². The Morgan fingerprint density at radius 1 is 0.933 bits per heavy atom. The molecule has 1 aliphatic rings. The zero-order chi connectivity index (χ0) is 21.5. The van der Waals surface area contributed by atoms with E-state index in [4.69, 9.17) is 0 Å². The van der Waals surface area contributed by atoms with Crippen LogP contribution in [0.1, 0.15) is 27.0 Å². The molecule has 7 heteroatoms. The lowest BCUT2D eigenvalue weighted by molar-refractivity contribution is 0.0697. The van der Waals surface area contributed by atoms with Crippen molar-refractivity contribution < 1.29 is 13.2 Å². The number of piperazine rings is 1. The van der Waals surface area contributed by atoms with Gasteiger partial charge >= 0.3 is 0 Å². The summed E-state index contributed by atoms with van der Waals surface area (Å²) in [5.74, 6) is -0.0492. The van der Waals surface area contributed by atoms with Gasteiger partial charge in [-0.2, -0.15) is 4.31 Å². The standard InChI is InChI=1S/C23H25N3O3S/c1-16-7-8-20(18(3)13-16)23(27)25-9-11-26(12-10-25)30(28,29)21-6-4-5-19-14-17(2)15-24-22(19)21/h4-8,13-15H,9-12H2,1-3H3. The van der Waals surface area contributed by atoms with E-state index in [0.717, 1.165) is 22.1 Å². The van der Waals surface area contributed by atoms with Gasteiger partial charge in [0, 0.05) is 43.3 Å². The average molecular weight is 424 g/mol. The highest BCUT2D eigenvalue weighted by atomic mass is 32.2. The van der Waals surface area contributed by atoms with Crippen LogP contribution in [-0.2, 0) is 10.0 Å². The number of carbonyl (C=O) groups excluding carboxylic acids is 1. The zero-order valence-corrected chi connectivity index (χ0v) is 18.2. The molecular formula is C23H25N3O3S. The van der Waals surface area contributed by atoms with E-state index in [1.165, 1.54) is 4.31 Å². The number of amides is 1. The molecule has 0 N–H and O–H groups in total. The van der Waals surface area contributed by atoms with Gasteiger partial charge in [0.2, 0.25) is 10.0 Å². The van der Waals surface area contributed by atoms with Crippen LogP contribution in [0, 0.1) is 20.8 Å². The number of pyridine rings is 1. The Morgan fingerprint density at radius 2 is 1.67 bits per heavy atom. The third-order valence-electron chi connectivity index (χ3n) is 5.57. The van der Waals surface area contributed by atoms with E-state index < -0.39 is 10.0 Å². The molecule has 4 rings (SSSR count). The molecule has 1 saturated heterocycles. The second kappa shape index (κ2) is 7.81. The van der Waals surface area contributed by atoms with Gasteiger partial charge in [0.05, 0.1) is 5.52 Å². The smallest absolute Gasteiger partial charge is 0.254 e. The number of aromatic nitrogens is 1. The van der Waals surface area contributed by atoms with E-state index in [1.54, 1.807) is 23.2 Å². The first-order valence-corrected chi connectivity index (χ1v) is 11.4. The number of para-hydroxylation sites is 1. The van der Waals surface area contributed by atoms with E-state index in [2.05, 4.69) is 4.98 Å². The van der Waals surface area contributed by atoms with Crippen molar-refractivity contribution in [3.05, 3.63) is 70.9 Å². The summed E-state index contributed by atoms with van der Waals surface area (Å²) in [5.41, 5.74) is 4.18. The van der Waals surface area contributed by atoms with Gasteiger partial charge in [-0.25, -0.2) is 8.42 Å². The van der Waals surface area contributed by atoms with Gasteiger partial charge in [-0.3, -0.25) is 9.78 Å². The van der Waals surface area contributed by atoms with Crippen molar-refractivity contribution in [2.45, 2.75) is 25.7 Å². The molecular weight excluding hydrogens is 398 g/mol. The summed E-state index contributed by atoms with van der Waals surface area (Å²) in [6.07, 6.45) is 1.68. The minimum Gasteiger partial charge on any atom is -0.336 e. The Hall–Kier alpha value is -2.77. The third kappa shape index (κ3) is 3.70. The van der Waals surface area contributed by atoms with Crippen molar-refractivity contribution in [2.75, 3.05) is 26.2 Å². The number of rotatable bonds is 3. The Balaban J connectivity index is 1.54. The van der Waals surface area contributed by atoms with Crippen molar-refractivity contribution in [3.63, 3.8) is 0 Å². The summed E-state index contributed by atoms with van der Waals surface area (Å²) in [6, 6.07) is 12.9. The fraction of sp³-hybridized carbons (Fsp3) is 0.304. The van der Waals surface area contributed by atoms with E-state index in [1.807, 2.05) is 51.1 Å². The van der Waals surface area contributed by atoms with Gasteiger partial charge in [0.15, 0.2) is 0 Å². The first-order valence-electron chi connectivity index (χ1n) is 9.99. The van der Waals surface area contributed by atoms with Gasteiger partial charge < -0.3 is 4.90 Å². The maximum Gasteiger partial charge on any atom is 0.254 e. The average Bonchev–Trinajstić information content (AvgIpc) is 2.72. The van der Waals surface area contributed by atoms with Gasteiger partial charge in [0.25, 0.3) is 5.91 Å². The molecule has 2 aromatic carbocycles. The summed E-state index contributed by atoms with van der Waals surface area (Å²) in [4.78, 5) is 19.2. The molecule has 1 fully saturated rings. The van der Waals surface area contributed by atoms with Crippen LogP contribution in [-0.4, -0.2) is 54.7 Å². The van der Waals surface area contributed by atoms with Crippen LogP contribution in [0.5, 0.6) is 0 Å². The number of benzene rings is 2. The lowest BCUT2D eigenvalue weighted by Crippen LogP contribution is -2.50. The molecule has 1 aromatic heterocycles. The lowest BCUT2D eigenvalue weighted by atomic mass is 10.0. The number of hydrogen-bond acceptors (Lipinski definition) is 4. The summed E-state index contributed by atoms with van der Waals surface area (Å²) in [6.45, 7) is 7.11. The maximum atomic E-state index is 13.3. The predicted octanol–water partition coefficient (Wildman–Crippen LogP) is 3.31. The highest BCUT2D eigenvalue weighted by Gasteiger charge is 2.32. The monoisotopic (exact) mass is 423 g/mol. The molecule has 0 unspecified atom stereocenters. The topological polar surface area (TPSA) is 70.6 Å². The molecule has 0 atom stereocenters. The zero-order valence-electron chi connectivity index (χ0n) is 17.4. The number of hydrogen-bond donors (Lipinski definition) is 0. The van der Waals surface area contributed by atoms with Crippen molar-refractivity contribution in [1.82, 2.24) is 14.2 Å². The van der Waals surface area contributed by atoms with Gasteiger partial charge in [-0.05, 0) is 50.1 Å². The summed E-state index contributed by atoms with van der Waals surface area (Å²) in [7, 11) is -3.70. The van der Waals surface area contributed by atoms with Gasteiger partial charge in [-0.15, -0.1) is 0 Å². The third-order valence-corrected chi connectivity index (χ3v) is 7.50. The quantitative estimate of drug-likeness (QED) is 0.648. The van der Waals surface area contributed by atoms with Crippen LogP contribution >= 0.6 is 0 Å². The van der Waals surface area contributed by atoms with E-state index in [0.29, 0.717) is 24.2 Å². The Kier molecular flexibility index (Phi) is 5.34. The van der Waals surface area contributed by atoms with Crippen molar-refractivity contribution in [3.8, 4) is 0 Å². The second-order valence-electron chi connectivity index (χ2n) is 7.86. The van der Waals surface area contributed by atoms with Crippen LogP contribution in [0.3, 0.4) is 0 Å². The number of fused-ring (bicyclic) bond motifs is 1. The Morgan fingerprint density at radius 3 is 2.37 bits per heavy atom. The normalized spacial score (nSPS) is 15.5. The molecule has 0 saturated carbocycles. The molecule has 156 valence electrons. The molecule has 1 amide bonds. The summed E-state index contributed by atoms with van der Waals surface area (Å²) >= 11 is 0. The van der Waals surface area contributed by atoms with Gasteiger partial charge in [-0.1, -0.05) is 29.8 Å². The SMILES string of the molecule is Cc1ccc(C(=O)N2CCN(S(=O)(=O)c3cccc4cc(C)cnc34)CC2)c(C)c1. The summed E-state index contributed by atoms with van der Waals surface area (Å²) < 4.78 is 28.1. The fourth-order valence-corrected chi connectivity index (χ4v) is 5.53. The van der Waals surface area contributed by atoms with Crippen molar-refractivity contribution in [1.29, 1.82) is 0 Å². The molecule has 0 bridgehead atoms. The minimum absolute atomic E-state index is 0.0492. The molecule has 30 heavy (non-hydrogen) atoms. The fourth-order valence-electron chi connectivity index (χ4n) is 3.95. The van der Waals surface area contributed by atoms with Crippen LogP contribution in [0.15, 0.2) is 53.6 Å². The van der Waals surface area contributed by atoms with Gasteiger partial charge in [0.1, 0.15) is 4.90 Å². The van der Waals surface area contributed by atoms with Crippen LogP contribution < -0.4 is 0 Å². The molecule has 0 spiro atoms. The van der Waals surface area contributed by atoms with E-state index >= 15 is 0 Å². The van der Waals surface area contributed by atoms with Crippen LogP contribution in [0.25, 0.3) is 10.9 Å². The molecule has 3 aromatic rings. The molecule has 6 nitrogen and oxygen atoms in total. The first-order chi connectivity index (χ1) is 14.3. The number of sulfonamides is 1. The van der Waals surface area contributed by atoms with Crippen molar-refractivity contribution in [2.24, 2.45) is 0 Å². The predicted molar refractivity (Wildman–Crippen MR) is 117 cm³/mol. The largest absolute Gasteiger partial charge is 0.336 e. The molecule has 0 radical (unpaired) electrons. The van der Waals surface area contributed by atoms with E-state index in [-0.39, 0.29) is 23.9 Å².